The predicted molar refractivity (Wildman–Crippen MR) is 51.6 cm³/mol. The van der Waals surface area contributed by atoms with Crippen LogP contribution in [0.25, 0.3) is 0 Å². The summed E-state index contributed by atoms with van der Waals surface area (Å²) in [5.74, 6) is 0. The first kappa shape index (κ1) is 7.90. The van der Waals surface area contributed by atoms with E-state index in [2.05, 4.69) is 11.4 Å². The molecule has 0 saturated carbocycles. The molecule has 1 aromatic carbocycles. The van der Waals surface area contributed by atoms with Gasteiger partial charge in [-0.1, -0.05) is 23.7 Å². The molecule has 0 amide bonds. The van der Waals surface area contributed by atoms with Gasteiger partial charge in [0, 0.05) is 12.6 Å². The number of hydrogen-bond donors (Lipinski definition) is 2. The van der Waals surface area contributed by atoms with Crippen LogP contribution in [0, 0.1) is 0 Å². The van der Waals surface area contributed by atoms with Gasteiger partial charge in [-0.2, -0.15) is 0 Å². The fourth-order valence-corrected chi connectivity index (χ4v) is 1.79. The van der Waals surface area contributed by atoms with Gasteiger partial charge in [0.2, 0.25) is 0 Å². The summed E-state index contributed by atoms with van der Waals surface area (Å²) in [5.41, 5.74) is 8.07. The first-order chi connectivity index (χ1) is 5.77. The zero-order valence-electron chi connectivity index (χ0n) is 6.68. The van der Waals surface area contributed by atoms with E-state index in [0.717, 1.165) is 23.7 Å². The van der Waals surface area contributed by atoms with Crippen LogP contribution in [0.2, 0.25) is 5.02 Å². The van der Waals surface area contributed by atoms with E-state index in [9.17, 15) is 0 Å². The third-order valence-electron chi connectivity index (χ3n) is 2.12. The molecule has 1 atom stereocenters. The van der Waals surface area contributed by atoms with Gasteiger partial charge in [0.1, 0.15) is 0 Å². The predicted octanol–water partition coefficient (Wildman–Crippen LogP) is 1.64. The summed E-state index contributed by atoms with van der Waals surface area (Å²) in [4.78, 5) is 0. The number of halogens is 1. The van der Waals surface area contributed by atoms with E-state index in [1.807, 2.05) is 12.1 Å². The molecule has 0 fully saturated rings. The third-order valence-corrected chi connectivity index (χ3v) is 2.44. The van der Waals surface area contributed by atoms with Crippen molar-refractivity contribution in [3.63, 3.8) is 0 Å². The molecule has 1 heterocycles. The van der Waals surface area contributed by atoms with Crippen molar-refractivity contribution in [2.24, 2.45) is 5.73 Å². The minimum absolute atomic E-state index is 0.218. The molecule has 0 aliphatic carbocycles. The highest BCUT2D eigenvalue weighted by Gasteiger charge is 2.15. The van der Waals surface area contributed by atoms with Crippen molar-refractivity contribution in [2.45, 2.75) is 12.5 Å². The van der Waals surface area contributed by atoms with Crippen molar-refractivity contribution in [1.82, 2.24) is 0 Å². The van der Waals surface area contributed by atoms with E-state index >= 15 is 0 Å². The van der Waals surface area contributed by atoms with E-state index < -0.39 is 0 Å². The summed E-state index contributed by atoms with van der Waals surface area (Å²) < 4.78 is 0. The topological polar surface area (TPSA) is 38.0 Å². The van der Waals surface area contributed by atoms with Crippen LogP contribution in [-0.4, -0.2) is 12.6 Å². The molecule has 0 bridgehead atoms. The number of nitrogens with two attached hydrogens (primary N) is 1. The first-order valence-electron chi connectivity index (χ1n) is 4.04. The molecular formula is C9H11ClN2. The van der Waals surface area contributed by atoms with Crippen LogP contribution < -0.4 is 11.1 Å². The number of para-hydroxylation sites is 1. The van der Waals surface area contributed by atoms with Gasteiger partial charge in [-0.3, -0.25) is 0 Å². The van der Waals surface area contributed by atoms with Crippen LogP contribution in [0.1, 0.15) is 5.56 Å². The number of rotatable bonds is 0. The van der Waals surface area contributed by atoms with Crippen LogP contribution in [0.5, 0.6) is 0 Å². The van der Waals surface area contributed by atoms with Crippen LogP contribution in [-0.2, 0) is 6.42 Å². The van der Waals surface area contributed by atoms with E-state index in [4.69, 9.17) is 17.3 Å². The quantitative estimate of drug-likeness (QED) is 0.640. The van der Waals surface area contributed by atoms with Gasteiger partial charge in [-0.25, -0.2) is 0 Å². The zero-order chi connectivity index (χ0) is 8.55. The molecule has 2 rings (SSSR count). The van der Waals surface area contributed by atoms with Crippen LogP contribution in [0.4, 0.5) is 5.69 Å². The SMILES string of the molecule is NC1CNc2c(Cl)cccc2C1. The van der Waals surface area contributed by atoms with E-state index in [1.54, 1.807) is 0 Å². The molecule has 3 heteroatoms. The fraction of sp³-hybridized carbons (Fsp3) is 0.333. The molecule has 1 aromatic rings. The van der Waals surface area contributed by atoms with E-state index in [1.165, 1.54) is 5.56 Å². The Morgan fingerprint density at radius 2 is 2.33 bits per heavy atom. The molecule has 0 saturated heterocycles. The van der Waals surface area contributed by atoms with Gasteiger partial charge in [0.05, 0.1) is 10.7 Å². The van der Waals surface area contributed by atoms with Gasteiger partial charge < -0.3 is 11.1 Å². The van der Waals surface area contributed by atoms with Crippen molar-refractivity contribution in [3.8, 4) is 0 Å². The average molecular weight is 183 g/mol. The highest BCUT2D eigenvalue weighted by molar-refractivity contribution is 6.33. The summed E-state index contributed by atoms with van der Waals surface area (Å²) in [7, 11) is 0. The molecule has 0 aromatic heterocycles. The van der Waals surface area contributed by atoms with Crippen molar-refractivity contribution in [3.05, 3.63) is 28.8 Å². The van der Waals surface area contributed by atoms with Crippen LogP contribution in [0.3, 0.4) is 0 Å². The van der Waals surface area contributed by atoms with Crippen molar-refractivity contribution < 1.29 is 0 Å². The Morgan fingerprint density at radius 1 is 1.50 bits per heavy atom. The summed E-state index contributed by atoms with van der Waals surface area (Å²) >= 11 is 5.99. The van der Waals surface area contributed by atoms with Gasteiger partial charge in [0.15, 0.2) is 0 Å². The normalized spacial score (nSPS) is 21.3. The molecular weight excluding hydrogens is 172 g/mol. The van der Waals surface area contributed by atoms with Crippen LogP contribution in [0.15, 0.2) is 18.2 Å². The van der Waals surface area contributed by atoms with E-state index in [-0.39, 0.29) is 6.04 Å². The van der Waals surface area contributed by atoms with Gasteiger partial charge in [-0.15, -0.1) is 0 Å². The highest BCUT2D eigenvalue weighted by atomic mass is 35.5. The van der Waals surface area contributed by atoms with Crippen LogP contribution >= 0.6 is 11.6 Å². The lowest BCUT2D eigenvalue weighted by Gasteiger charge is -2.23. The molecule has 1 aliphatic rings. The Morgan fingerprint density at radius 3 is 3.17 bits per heavy atom. The lowest BCUT2D eigenvalue weighted by atomic mass is 10.0. The highest BCUT2D eigenvalue weighted by Crippen LogP contribution is 2.28. The number of anilines is 1. The molecule has 2 nitrogen and oxygen atoms in total. The Balaban J connectivity index is 2.42. The van der Waals surface area contributed by atoms with Crippen molar-refractivity contribution in [2.75, 3.05) is 11.9 Å². The summed E-state index contributed by atoms with van der Waals surface area (Å²) in [6.07, 6.45) is 0.920. The second-order valence-electron chi connectivity index (χ2n) is 3.12. The average Bonchev–Trinajstić information content (AvgIpc) is 2.04. The smallest absolute Gasteiger partial charge is 0.0640 e. The molecule has 0 radical (unpaired) electrons. The van der Waals surface area contributed by atoms with Gasteiger partial charge >= 0.3 is 0 Å². The number of benzene rings is 1. The Labute approximate surface area is 76.7 Å². The molecule has 64 valence electrons. The monoisotopic (exact) mass is 182 g/mol. The zero-order valence-corrected chi connectivity index (χ0v) is 7.43. The maximum absolute atomic E-state index is 5.99. The largest absolute Gasteiger partial charge is 0.382 e. The summed E-state index contributed by atoms with van der Waals surface area (Å²) in [5, 5.41) is 4.01. The van der Waals surface area contributed by atoms with Gasteiger partial charge in [-0.05, 0) is 18.1 Å². The lowest BCUT2D eigenvalue weighted by molar-refractivity contribution is 0.679. The first-order valence-corrected chi connectivity index (χ1v) is 4.42. The third kappa shape index (κ3) is 1.28. The Hall–Kier alpha value is -0.730. The molecule has 3 N–H and O–H groups in total. The molecule has 1 unspecified atom stereocenters. The summed E-state index contributed by atoms with van der Waals surface area (Å²) in [6, 6.07) is 6.13. The summed E-state index contributed by atoms with van der Waals surface area (Å²) in [6.45, 7) is 0.816. The molecule has 0 spiro atoms. The van der Waals surface area contributed by atoms with E-state index in [0.29, 0.717) is 0 Å². The molecule has 1 aliphatic heterocycles. The Bertz CT molecular complexity index is 299. The molecule has 12 heavy (non-hydrogen) atoms. The maximum atomic E-state index is 5.99. The number of hydrogen-bond acceptors (Lipinski definition) is 2. The minimum atomic E-state index is 0.218. The fourth-order valence-electron chi connectivity index (χ4n) is 1.52. The maximum Gasteiger partial charge on any atom is 0.0640 e. The number of nitrogens with one attached hydrogen (secondary N) is 1. The number of fused-ring (bicyclic) bond motifs is 1. The standard InChI is InChI=1S/C9H11ClN2/c10-8-3-1-2-6-4-7(11)5-12-9(6)8/h1-3,7,12H,4-5,11H2. The second kappa shape index (κ2) is 2.96. The van der Waals surface area contributed by atoms with Gasteiger partial charge in [0.25, 0.3) is 0 Å². The lowest BCUT2D eigenvalue weighted by Crippen LogP contribution is -2.35. The minimum Gasteiger partial charge on any atom is -0.382 e. The van der Waals surface area contributed by atoms with Crippen molar-refractivity contribution in [1.29, 1.82) is 0 Å². The van der Waals surface area contributed by atoms with Crippen molar-refractivity contribution >= 4 is 17.3 Å². The Kier molecular flexibility index (Phi) is 1.95. The second-order valence-corrected chi connectivity index (χ2v) is 3.53.